The Morgan fingerprint density at radius 1 is 1.55 bits per heavy atom. The summed E-state index contributed by atoms with van der Waals surface area (Å²) < 4.78 is 6.36. The van der Waals surface area contributed by atoms with Crippen LogP contribution in [0.2, 0.25) is 0 Å². The molecule has 0 aromatic heterocycles. The zero-order chi connectivity index (χ0) is 8.27. The van der Waals surface area contributed by atoms with Crippen LogP contribution in [0.15, 0.2) is 22.7 Å². The third kappa shape index (κ3) is 2.83. The maximum absolute atomic E-state index is 5.27. The third-order valence-electron chi connectivity index (χ3n) is 1.26. The van der Waals surface area contributed by atoms with Crippen LogP contribution in [0.25, 0.3) is 0 Å². The first kappa shape index (κ1) is 9.67. The summed E-state index contributed by atoms with van der Waals surface area (Å²) in [6.45, 7) is 2.02. The fourth-order valence-corrected chi connectivity index (χ4v) is 2.05. The van der Waals surface area contributed by atoms with Gasteiger partial charge in [-0.3, -0.25) is 0 Å². The SMILES string of the molecule is Cc1cc(Br)ccc1OSI. The van der Waals surface area contributed by atoms with Crippen molar-refractivity contribution in [2.24, 2.45) is 0 Å². The Kier molecular flexibility index (Phi) is 4.01. The molecule has 11 heavy (non-hydrogen) atoms. The Morgan fingerprint density at radius 3 is 2.82 bits per heavy atom. The van der Waals surface area contributed by atoms with Crippen LogP contribution >= 0.6 is 46.3 Å². The van der Waals surface area contributed by atoms with Crippen molar-refractivity contribution in [3.8, 4) is 5.75 Å². The van der Waals surface area contributed by atoms with Gasteiger partial charge in [0, 0.05) is 25.7 Å². The highest BCUT2D eigenvalue weighted by Crippen LogP contribution is 2.26. The van der Waals surface area contributed by atoms with Crippen LogP contribution in [0.1, 0.15) is 5.56 Å². The third-order valence-corrected chi connectivity index (χ3v) is 2.53. The second-order valence-corrected chi connectivity index (χ2v) is 4.34. The van der Waals surface area contributed by atoms with Gasteiger partial charge in [0.05, 0.1) is 0 Å². The lowest BCUT2D eigenvalue weighted by atomic mass is 10.2. The molecule has 1 aromatic carbocycles. The van der Waals surface area contributed by atoms with Gasteiger partial charge in [0.15, 0.2) is 0 Å². The molecule has 0 fully saturated rings. The Morgan fingerprint density at radius 2 is 2.27 bits per heavy atom. The van der Waals surface area contributed by atoms with Crippen LogP contribution in [-0.2, 0) is 0 Å². The van der Waals surface area contributed by atoms with E-state index in [1.54, 1.807) is 0 Å². The molecule has 0 saturated carbocycles. The Hall–Kier alpha value is 0.580. The van der Waals surface area contributed by atoms with E-state index in [-0.39, 0.29) is 0 Å². The fourth-order valence-electron chi connectivity index (χ4n) is 0.740. The number of halogens is 2. The maximum Gasteiger partial charge on any atom is 0.141 e. The predicted octanol–water partition coefficient (Wildman–Crippen LogP) is 4.13. The minimum Gasteiger partial charge on any atom is -0.415 e. The largest absolute Gasteiger partial charge is 0.415 e. The first-order valence-electron chi connectivity index (χ1n) is 2.95. The van der Waals surface area contributed by atoms with Crippen LogP contribution in [-0.4, -0.2) is 0 Å². The quantitative estimate of drug-likeness (QED) is 0.589. The Labute approximate surface area is 90.8 Å². The smallest absolute Gasteiger partial charge is 0.141 e. The van der Waals surface area contributed by atoms with Crippen molar-refractivity contribution in [1.82, 2.24) is 0 Å². The summed E-state index contributed by atoms with van der Waals surface area (Å²) in [5.74, 6) is 0.924. The van der Waals surface area contributed by atoms with E-state index in [1.807, 2.05) is 25.1 Å². The summed E-state index contributed by atoms with van der Waals surface area (Å²) in [5, 5.41) is 0. The average Bonchev–Trinajstić information content (AvgIpc) is 1.95. The first-order chi connectivity index (χ1) is 5.24. The van der Waals surface area contributed by atoms with E-state index in [2.05, 4.69) is 37.1 Å². The summed E-state index contributed by atoms with van der Waals surface area (Å²) in [4.78, 5) is 0. The standard InChI is InChI=1S/C7H6BrIOS/c1-5-4-6(8)2-3-7(5)10-11-9/h2-4H,1H3. The molecule has 4 heteroatoms. The summed E-state index contributed by atoms with van der Waals surface area (Å²) in [6, 6.07) is 5.95. The van der Waals surface area contributed by atoms with E-state index in [0.717, 1.165) is 15.8 Å². The van der Waals surface area contributed by atoms with Gasteiger partial charge in [0.1, 0.15) is 15.0 Å². The molecule has 0 bridgehead atoms. The number of hydrogen-bond donors (Lipinski definition) is 0. The van der Waals surface area contributed by atoms with Gasteiger partial charge in [-0.25, -0.2) is 0 Å². The highest BCUT2D eigenvalue weighted by molar-refractivity contribution is 14.2. The van der Waals surface area contributed by atoms with Crippen molar-refractivity contribution < 1.29 is 4.18 Å². The van der Waals surface area contributed by atoms with Gasteiger partial charge in [-0.15, -0.1) is 0 Å². The summed E-state index contributed by atoms with van der Waals surface area (Å²) in [7, 11) is 1.33. The van der Waals surface area contributed by atoms with Gasteiger partial charge < -0.3 is 4.18 Å². The van der Waals surface area contributed by atoms with E-state index in [0.29, 0.717) is 0 Å². The minimum atomic E-state index is 0.924. The molecule has 1 aromatic rings. The average molecular weight is 345 g/mol. The van der Waals surface area contributed by atoms with Crippen LogP contribution in [0.3, 0.4) is 0 Å². The van der Waals surface area contributed by atoms with Crippen molar-refractivity contribution in [3.05, 3.63) is 28.2 Å². The predicted molar refractivity (Wildman–Crippen MR) is 61.1 cm³/mol. The summed E-state index contributed by atoms with van der Waals surface area (Å²) in [5.41, 5.74) is 1.14. The van der Waals surface area contributed by atoms with Crippen LogP contribution in [0, 0.1) is 6.92 Å². The second-order valence-electron chi connectivity index (χ2n) is 2.06. The monoisotopic (exact) mass is 344 g/mol. The van der Waals surface area contributed by atoms with Gasteiger partial charge in [0.25, 0.3) is 0 Å². The minimum absolute atomic E-state index is 0.924. The normalized spacial score (nSPS) is 9.73. The highest BCUT2D eigenvalue weighted by atomic mass is 127. The highest BCUT2D eigenvalue weighted by Gasteiger charge is 1.98. The number of rotatable bonds is 2. The molecule has 0 atom stereocenters. The number of benzene rings is 1. The van der Waals surface area contributed by atoms with Crippen molar-refractivity contribution in [1.29, 1.82) is 0 Å². The molecule has 0 aliphatic carbocycles. The van der Waals surface area contributed by atoms with Gasteiger partial charge in [-0.2, -0.15) is 0 Å². The molecule has 0 spiro atoms. The summed E-state index contributed by atoms with van der Waals surface area (Å²) >= 11 is 5.48. The zero-order valence-electron chi connectivity index (χ0n) is 5.80. The molecule has 0 aliphatic heterocycles. The van der Waals surface area contributed by atoms with E-state index >= 15 is 0 Å². The molecule has 0 unspecified atom stereocenters. The van der Waals surface area contributed by atoms with Crippen molar-refractivity contribution in [3.63, 3.8) is 0 Å². The molecule has 0 aliphatic rings. The zero-order valence-corrected chi connectivity index (χ0v) is 10.4. The lowest BCUT2D eigenvalue weighted by Gasteiger charge is -2.03. The molecule has 0 amide bonds. The fraction of sp³-hybridized carbons (Fsp3) is 0.143. The molecule has 0 N–H and O–H groups in total. The van der Waals surface area contributed by atoms with E-state index < -0.39 is 0 Å². The molecular formula is C7H6BrIOS. The maximum atomic E-state index is 5.27. The lowest BCUT2D eigenvalue weighted by Crippen LogP contribution is -1.81. The molecular weight excluding hydrogens is 339 g/mol. The Balaban J connectivity index is 2.90. The Bertz CT molecular complexity index is 254. The van der Waals surface area contributed by atoms with Gasteiger partial charge in [-0.05, 0) is 30.7 Å². The molecule has 60 valence electrons. The van der Waals surface area contributed by atoms with E-state index in [4.69, 9.17) is 4.18 Å². The number of aryl methyl sites for hydroxylation is 1. The first-order valence-corrected chi connectivity index (χ1v) is 7.03. The van der Waals surface area contributed by atoms with Crippen molar-refractivity contribution in [2.45, 2.75) is 6.92 Å². The topological polar surface area (TPSA) is 9.23 Å². The summed E-state index contributed by atoms with van der Waals surface area (Å²) in [6.07, 6.45) is 0. The molecule has 0 radical (unpaired) electrons. The lowest BCUT2D eigenvalue weighted by molar-refractivity contribution is 0.651. The van der Waals surface area contributed by atoms with Gasteiger partial charge in [0.2, 0.25) is 0 Å². The molecule has 1 nitrogen and oxygen atoms in total. The van der Waals surface area contributed by atoms with Gasteiger partial charge >= 0.3 is 0 Å². The van der Waals surface area contributed by atoms with E-state index in [9.17, 15) is 0 Å². The number of hydrogen-bond acceptors (Lipinski definition) is 2. The van der Waals surface area contributed by atoms with Crippen LogP contribution in [0.5, 0.6) is 5.75 Å². The van der Waals surface area contributed by atoms with Crippen molar-refractivity contribution in [2.75, 3.05) is 0 Å². The molecule has 0 heterocycles. The van der Waals surface area contributed by atoms with Crippen LogP contribution < -0.4 is 4.18 Å². The van der Waals surface area contributed by atoms with Gasteiger partial charge in [-0.1, -0.05) is 15.9 Å². The molecule has 0 saturated heterocycles. The van der Waals surface area contributed by atoms with E-state index in [1.165, 1.54) is 9.21 Å². The van der Waals surface area contributed by atoms with Crippen molar-refractivity contribution >= 4 is 46.3 Å². The van der Waals surface area contributed by atoms with Crippen LogP contribution in [0.4, 0.5) is 0 Å². The molecule has 1 rings (SSSR count). The second kappa shape index (κ2) is 4.57.